The van der Waals surface area contributed by atoms with Gasteiger partial charge in [0.05, 0.1) is 0 Å². The Morgan fingerprint density at radius 2 is 1.50 bits per heavy atom. The van der Waals surface area contributed by atoms with Gasteiger partial charge in [-0.25, -0.2) is 0 Å². The third-order valence-electron chi connectivity index (χ3n) is 4.80. The summed E-state index contributed by atoms with van der Waals surface area (Å²) >= 11 is 6.05. The molecule has 0 saturated carbocycles. The molecule has 0 aliphatic heterocycles. The number of ketones is 2. The molecule has 0 unspecified atom stereocenters. The van der Waals surface area contributed by atoms with Crippen LogP contribution in [0.1, 0.15) is 31.8 Å². The van der Waals surface area contributed by atoms with Gasteiger partial charge in [-0.1, -0.05) is 35.9 Å². The van der Waals surface area contributed by atoms with Crippen LogP contribution in [0.25, 0.3) is 5.70 Å². The molecule has 0 fully saturated rings. The molecule has 1 aliphatic rings. The highest BCUT2D eigenvalue weighted by atomic mass is 35.5. The molecule has 4 nitrogen and oxygen atoms in total. The summed E-state index contributed by atoms with van der Waals surface area (Å²) in [6.45, 7) is 3.87. The highest BCUT2D eigenvalue weighted by Crippen LogP contribution is 2.29. The first-order chi connectivity index (χ1) is 13.5. The second-order valence-corrected chi connectivity index (χ2v) is 7.23. The van der Waals surface area contributed by atoms with Crippen molar-refractivity contribution >= 4 is 34.6 Å². The minimum Gasteiger partial charge on any atom is -0.346 e. The third-order valence-corrected chi connectivity index (χ3v) is 5.03. The van der Waals surface area contributed by atoms with Crippen LogP contribution in [0, 0.1) is 13.8 Å². The van der Waals surface area contributed by atoms with Gasteiger partial charge in [-0.3, -0.25) is 9.59 Å². The molecule has 28 heavy (non-hydrogen) atoms. The van der Waals surface area contributed by atoms with Gasteiger partial charge in [-0.15, -0.1) is 0 Å². The van der Waals surface area contributed by atoms with Crippen LogP contribution in [0.2, 0.25) is 5.02 Å². The van der Waals surface area contributed by atoms with Gasteiger partial charge in [-0.2, -0.15) is 4.57 Å². The molecule has 0 saturated heterocycles. The summed E-state index contributed by atoms with van der Waals surface area (Å²) in [5.41, 5.74) is 4.04. The smallest absolute Gasteiger partial charge is 0.286 e. The summed E-state index contributed by atoms with van der Waals surface area (Å²) in [7, 11) is 0. The molecular formula is C23H18ClN2O2+. The number of allylic oxidation sites excluding steroid dienone is 2. The SMILES string of the molecule is Cc1cc[n+](C2=C(Nc3ccc(Cl)cc3C)C(=O)c3ccccc3C2=O)cc1. The Balaban J connectivity index is 1.92. The van der Waals surface area contributed by atoms with Gasteiger partial charge < -0.3 is 5.32 Å². The van der Waals surface area contributed by atoms with Gasteiger partial charge in [0.15, 0.2) is 18.1 Å². The molecule has 1 aromatic heterocycles. The van der Waals surface area contributed by atoms with Crippen LogP contribution in [0.5, 0.6) is 0 Å². The molecule has 1 N–H and O–H groups in total. The largest absolute Gasteiger partial charge is 0.346 e. The van der Waals surface area contributed by atoms with Crippen molar-refractivity contribution in [3.63, 3.8) is 0 Å². The van der Waals surface area contributed by atoms with Crippen molar-refractivity contribution in [1.82, 2.24) is 0 Å². The maximum Gasteiger partial charge on any atom is 0.286 e. The minimum absolute atomic E-state index is 0.196. The van der Waals surface area contributed by atoms with E-state index < -0.39 is 0 Å². The maximum atomic E-state index is 13.3. The Morgan fingerprint density at radius 3 is 2.14 bits per heavy atom. The predicted octanol–water partition coefficient (Wildman–Crippen LogP) is 4.60. The fourth-order valence-corrected chi connectivity index (χ4v) is 3.50. The number of Topliss-reactive ketones (excluding diaryl/α,β-unsaturated/α-hetero) is 2. The zero-order valence-corrected chi connectivity index (χ0v) is 16.2. The molecule has 0 radical (unpaired) electrons. The number of aryl methyl sites for hydroxylation is 2. The summed E-state index contributed by atoms with van der Waals surface area (Å²) < 4.78 is 1.69. The number of nitrogens with zero attached hydrogens (tertiary/aromatic N) is 1. The number of benzene rings is 2. The van der Waals surface area contributed by atoms with E-state index in [1.54, 1.807) is 53.4 Å². The van der Waals surface area contributed by atoms with E-state index in [2.05, 4.69) is 5.32 Å². The Labute approximate surface area is 168 Å². The zero-order chi connectivity index (χ0) is 19.8. The number of anilines is 1. The monoisotopic (exact) mass is 389 g/mol. The molecule has 4 rings (SSSR count). The van der Waals surface area contributed by atoms with Crippen LogP contribution in [-0.2, 0) is 0 Å². The summed E-state index contributed by atoms with van der Waals surface area (Å²) in [6.07, 6.45) is 3.58. The standard InChI is InChI=1S/C23H17ClN2O2/c1-14-9-11-26(12-10-14)21-20(25-19-8-7-16(24)13-15(19)2)22(27)17-5-3-4-6-18(17)23(21)28/h3-13H,1-2H3/p+1. The molecule has 0 spiro atoms. The number of hydrogen-bond donors (Lipinski definition) is 1. The summed E-state index contributed by atoms with van der Waals surface area (Å²) in [6, 6.07) is 16.1. The van der Waals surface area contributed by atoms with E-state index in [1.807, 2.05) is 32.0 Å². The summed E-state index contributed by atoms with van der Waals surface area (Å²) in [5, 5.41) is 3.80. The Kier molecular flexibility index (Phi) is 4.57. The first kappa shape index (κ1) is 18.1. The van der Waals surface area contributed by atoms with Crippen molar-refractivity contribution in [2.75, 3.05) is 5.32 Å². The van der Waals surface area contributed by atoms with E-state index in [9.17, 15) is 9.59 Å². The lowest BCUT2D eigenvalue weighted by Gasteiger charge is -2.19. The fourth-order valence-electron chi connectivity index (χ4n) is 3.28. The first-order valence-corrected chi connectivity index (χ1v) is 9.27. The number of carbonyl (C=O) groups is 2. The van der Waals surface area contributed by atoms with E-state index in [1.165, 1.54) is 0 Å². The quantitative estimate of drug-likeness (QED) is 0.666. The van der Waals surface area contributed by atoms with Crippen LogP contribution < -0.4 is 9.88 Å². The van der Waals surface area contributed by atoms with Crippen molar-refractivity contribution < 1.29 is 14.2 Å². The van der Waals surface area contributed by atoms with Gasteiger partial charge >= 0.3 is 0 Å². The topological polar surface area (TPSA) is 50.1 Å². The van der Waals surface area contributed by atoms with Crippen LogP contribution in [-0.4, -0.2) is 11.6 Å². The number of fused-ring (bicyclic) bond motifs is 1. The van der Waals surface area contributed by atoms with Gasteiger partial charge in [0.2, 0.25) is 5.78 Å². The molecule has 3 aromatic rings. The normalized spacial score (nSPS) is 13.5. The van der Waals surface area contributed by atoms with Crippen molar-refractivity contribution in [1.29, 1.82) is 0 Å². The van der Waals surface area contributed by atoms with E-state index in [0.29, 0.717) is 21.8 Å². The number of halogens is 1. The number of nitrogens with one attached hydrogen (secondary N) is 1. The lowest BCUT2D eigenvalue weighted by molar-refractivity contribution is -0.577. The Morgan fingerprint density at radius 1 is 0.857 bits per heavy atom. The van der Waals surface area contributed by atoms with E-state index in [-0.39, 0.29) is 17.3 Å². The number of pyridine rings is 1. The molecule has 138 valence electrons. The number of rotatable bonds is 3. The Hall–Kier alpha value is -3.24. The molecule has 0 atom stereocenters. The lowest BCUT2D eigenvalue weighted by atomic mass is 9.90. The molecule has 0 amide bonds. The molecule has 2 aromatic carbocycles. The fraction of sp³-hybridized carbons (Fsp3) is 0.0870. The third kappa shape index (κ3) is 3.12. The first-order valence-electron chi connectivity index (χ1n) is 8.90. The number of aromatic nitrogens is 1. The van der Waals surface area contributed by atoms with Crippen molar-refractivity contribution in [3.8, 4) is 0 Å². The molecular weight excluding hydrogens is 372 g/mol. The second-order valence-electron chi connectivity index (χ2n) is 6.79. The van der Waals surface area contributed by atoms with E-state index in [4.69, 9.17) is 11.6 Å². The van der Waals surface area contributed by atoms with Crippen LogP contribution >= 0.6 is 11.6 Å². The maximum absolute atomic E-state index is 13.3. The van der Waals surface area contributed by atoms with Gasteiger partial charge in [0.25, 0.3) is 11.5 Å². The van der Waals surface area contributed by atoms with E-state index >= 15 is 0 Å². The minimum atomic E-state index is -0.215. The number of carbonyl (C=O) groups excluding carboxylic acids is 2. The molecule has 0 bridgehead atoms. The second kappa shape index (κ2) is 7.06. The Bertz CT molecular complexity index is 1150. The zero-order valence-electron chi connectivity index (χ0n) is 15.5. The molecule has 5 heteroatoms. The summed E-state index contributed by atoms with van der Waals surface area (Å²) in [4.78, 5) is 26.6. The highest BCUT2D eigenvalue weighted by molar-refractivity contribution is 6.36. The van der Waals surface area contributed by atoms with Gasteiger partial charge in [0.1, 0.15) is 0 Å². The van der Waals surface area contributed by atoms with Crippen LogP contribution in [0.15, 0.2) is 72.7 Å². The average molecular weight is 390 g/mol. The van der Waals surface area contributed by atoms with E-state index in [0.717, 1.165) is 16.8 Å². The number of hydrogen-bond acceptors (Lipinski definition) is 3. The van der Waals surface area contributed by atoms with Gasteiger partial charge in [-0.05, 0) is 43.2 Å². The van der Waals surface area contributed by atoms with Gasteiger partial charge in [0, 0.05) is 34.0 Å². The molecule has 1 aliphatic carbocycles. The lowest BCUT2D eigenvalue weighted by Crippen LogP contribution is -2.42. The van der Waals surface area contributed by atoms with Crippen molar-refractivity contribution in [3.05, 3.63) is 100.0 Å². The van der Waals surface area contributed by atoms with Crippen LogP contribution in [0.4, 0.5) is 5.69 Å². The summed E-state index contributed by atoms with van der Waals surface area (Å²) in [5.74, 6) is -0.411. The van der Waals surface area contributed by atoms with Crippen molar-refractivity contribution in [2.45, 2.75) is 13.8 Å². The molecule has 1 heterocycles. The average Bonchev–Trinajstić information content (AvgIpc) is 2.69. The highest BCUT2D eigenvalue weighted by Gasteiger charge is 2.38. The van der Waals surface area contributed by atoms with Crippen molar-refractivity contribution in [2.24, 2.45) is 0 Å². The van der Waals surface area contributed by atoms with Crippen LogP contribution in [0.3, 0.4) is 0 Å². The predicted molar refractivity (Wildman–Crippen MR) is 110 cm³/mol.